The number of carbonyl (C=O) groups is 1. The highest BCUT2D eigenvalue weighted by atomic mass is 32.2. The SMILES string of the molecule is CCCCCOC(=O)CCN1CCS(=O)(=O)CC1. The fourth-order valence-electron chi connectivity index (χ4n) is 1.83. The Hall–Kier alpha value is -0.620. The Morgan fingerprint density at radius 3 is 2.50 bits per heavy atom. The van der Waals surface area contributed by atoms with Crippen LogP contribution < -0.4 is 0 Å². The number of unbranched alkanes of at least 4 members (excludes halogenated alkanes) is 2. The second-order valence-electron chi connectivity index (χ2n) is 4.67. The fourth-order valence-corrected chi connectivity index (χ4v) is 3.11. The Labute approximate surface area is 109 Å². The Kier molecular flexibility index (Phi) is 6.63. The van der Waals surface area contributed by atoms with Gasteiger partial charge in [-0.05, 0) is 6.42 Å². The van der Waals surface area contributed by atoms with Crippen molar-refractivity contribution < 1.29 is 17.9 Å². The fraction of sp³-hybridized carbons (Fsp3) is 0.917. The van der Waals surface area contributed by atoms with E-state index in [4.69, 9.17) is 4.74 Å². The molecule has 0 N–H and O–H groups in total. The number of carbonyl (C=O) groups excluding carboxylic acids is 1. The monoisotopic (exact) mass is 277 g/mol. The molecule has 18 heavy (non-hydrogen) atoms. The van der Waals surface area contributed by atoms with E-state index in [-0.39, 0.29) is 17.5 Å². The average molecular weight is 277 g/mol. The largest absolute Gasteiger partial charge is 0.466 e. The molecule has 0 bridgehead atoms. The van der Waals surface area contributed by atoms with Gasteiger partial charge in [0.15, 0.2) is 9.84 Å². The molecule has 1 saturated heterocycles. The number of sulfone groups is 1. The molecule has 1 aliphatic heterocycles. The molecule has 1 rings (SSSR count). The molecule has 1 aliphatic rings. The Morgan fingerprint density at radius 1 is 1.22 bits per heavy atom. The van der Waals surface area contributed by atoms with Crippen molar-refractivity contribution in [2.75, 3.05) is 37.7 Å². The van der Waals surface area contributed by atoms with E-state index in [0.717, 1.165) is 19.3 Å². The summed E-state index contributed by atoms with van der Waals surface area (Å²) in [6, 6.07) is 0. The average Bonchev–Trinajstić information content (AvgIpc) is 2.33. The number of esters is 1. The molecular formula is C12H23NO4S. The second-order valence-corrected chi connectivity index (χ2v) is 6.97. The van der Waals surface area contributed by atoms with Crippen LogP contribution in [0.5, 0.6) is 0 Å². The van der Waals surface area contributed by atoms with Crippen molar-refractivity contribution in [1.82, 2.24) is 4.90 Å². The van der Waals surface area contributed by atoms with Crippen LogP contribution in [0.2, 0.25) is 0 Å². The Morgan fingerprint density at radius 2 is 1.89 bits per heavy atom. The third-order valence-corrected chi connectivity index (χ3v) is 4.69. The number of nitrogens with zero attached hydrogens (tertiary/aromatic N) is 1. The van der Waals surface area contributed by atoms with E-state index in [2.05, 4.69) is 6.92 Å². The Bertz CT molecular complexity index is 339. The zero-order valence-electron chi connectivity index (χ0n) is 11.1. The molecule has 6 heteroatoms. The molecule has 0 spiro atoms. The van der Waals surface area contributed by atoms with Gasteiger partial charge in [0.2, 0.25) is 0 Å². The number of rotatable bonds is 7. The third-order valence-electron chi connectivity index (χ3n) is 3.08. The topological polar surface area (TPSA) is 63.7 Å². The summed E-state index contributed by atoms with van der Waals surface area (Å²) in [5, 5.41) is 0. The first-order valence-electron chi connectivity index (χ1n) is 6.62. The lowest BCUT2D eigenvalue weighted by molar-refractivity contribution is -0.144. The van der Waals surface area contributed by atoms with Gasteiger partial charge in [0.25, 0.3) is 0 Å². The minimum Gasteiger partial charge on any atom is -0.466 e. The molecular weight excluding hydrogens is 254 g/mol. The smallest absolute Gasteiger partial charge is 0.307 e. The van der Waals surface area contributed by atoms with Gasteiger partial charge in [-0.2, -0.15) is 0 Å². The summed E-state index contributed by atoms with van der Waals surface area (Å²) in [6.45, 7) is 4.27. The van der Waals surface area contributed by atoms with Gasteiger partial charge < -0.3 is 9.64 Å². The van der Waals surface area contributed by atoms with Crippen molar-refractivity contribution in [1.29, 1.82) is 0 Å². The highest BCUT2D eigenvalue weighted by molar-refractivity contribution is 7.91. The first kappa shape index (κ1) is 15.4. The summed E-state index contributed by atoms with van der Waals surface area (Å²) in [4.78, 5) is 13.4. The molecule has 0 amide bonds. The molecule has 5 nitrogen and oxygen atoms in total. The van der Waals surface area contributed by atoms with Crippen molar-refractivity contribution in [2.45, 2.75) is 32.6 Å². The van der Waals surface area contributed by atoms with Crippen molar-refractivity contribution in [2.24, 2.45) is 0 Å². The minimum absolute atomic E-state index is 0.181. The van der Waals surface area contributed by atoms with Gasteiger partial charge in [-0.1, -0.05) is 19.8 Å². The first-order valence-corrected chi connectivity index (χ1v) is 8.44. The molecule has 106 valence electrons. The molecule has 0 aromatic rings. The lowest BCUT2D eigenvalue weighted by Gasteiger charge is -2.25. The maximum absolute atomic E-state index is 11.4. The molecule has 0 radical (unpaired) electrons. The maximum atomic E-state index is 11.4. The molecule has 0 unspecified atom stereocenters. The minimum atomic E-state index is -2.83. The van der Waals surface area contributed by atoms with Gasteiger partial charge in [0.1, 0.15) is 0 Å². The molecule has 0 aliphatic carbocycles. The number of hydrogen-bond acceptors (Lipinski definition) is 5. The van der Waals surface area contributed by atoms with Crippen molar-refractivity contribution in [3.63, 3.8) is 0 Å². The highest BCUT2D eigenvalue weighted by Gasteiger charge is 2.21. The summed E-state index contributed by atoms with van der Waals surface area (Å²) in [5.74, 6) is 0.233. The molecule has 0 aromatic heterocycles. The van der Waals surface area contributed by atoms with Crippen molar-refractivity contribution in [3.05, 3.63) is 0 Å². The standard InChI is InChI=1S/C12H23NO4S/c1-2-3-4-9-17-12(14)5-6-13-7-10-18(15,16)11-8-13/h2-11H2,1H3. The third kappa shape index (κ3) is 6.35. The van der Waals surface area contributed by atoms with Crippen LogP contribution in [-0.4, -0.2) is 57.0 Å². The van der Waals surface area contributed by atoms with Gasteiger partial charge in [0.05, 0.1) is 24.5 Å². The predicted molar refractivity (Wildman–Crippen MR) is 70.2 cm³/mol. The lowest BCUT2D eigenvalue weighted by Crippen LogP contribution is -2.41. The molecule has 0 aromatic carbocycles. The van der Waals surface area contributed by atoms with Crippen LogP contribution >= 0.6 is 0 Å². The number of hydrogen-bond donors (Lipinski definition) is 0. The van der Waals surface area contributed by atoms with Crippen molar-refractivity contribution >= 4 is 15.8 Å². The maximum Gasteiger partial charge on any atom is 0.307 e. The van der Waals surface area contributed by atoms with Crippen LogP contribution in [0, 0.1) is 0 Å². The summed E-state index contributed by atoms with van der Waals surface area (Å²) in [7, 11) is -2.83. The van der Waals surface area contributed by atoms with E-state index in [1.54, 1.807) is 0 Å². The summed E-state index contributed by atoms with van der Waals surface area (Å²) in [5.41, 5.74) is 0. The van der Waals surface area contributed by atoms with Crippen LogP contribution in [0.25, 0.3) is 0 Å². The van der Waals surface area contributed by atoms with Crippen LogP contribution in [-0.2, 0) is 19.4 Å². The van der Waals surface area contributed by atoms with E-state index in [1.165, 1.54) is 0 Å². The van der Waals surface area contributed by atoms with Gasteiger partial charge >= 0.3 is 5.97 Å². The molecule has 0 saturated carbocycles. The lowest BCUT2D eigenvalue weighted by atomic mass is 10.3. The van der Waals surface area contributed by atoms with Crippen LogP contribution in [0.4, 0.5) is 0 Å². The zero-order valence-corrected chi connectivity index (χ0v) is 11.9. The van der Waals surface area contributed by atoms with Crippen LogP contribution in [0.15, 0.2) is 0 Å². The van der Waals surface area contributed by atoms with Gasteiger partial charge in [0, 0.05) is 19.6 Å². The molecule has 1 fully saturated rings. The van der Waals surface area contributed by atoms with Crippen LogP contribution in [0.1, 0.15) is 32.6 Å². The molecule has 1 heterocycles. The number of ether oxygens (including phenoxy) is 1. The quantitative estimate of drug-likeness (QED) is 0.510. The van der Waals surface area contributed by atoms with E-state index in [0.29, 0.717) is 32.7 Å². The van der Waals surface area contributed by atoms with Gasteiger partial charge in [-0.15, -0.1) is 0 Å². The highest BCUT2D eigenvalue weighted by Crippen LogP contribution is 2.05. The van der Waals surface area contributed by atoms with Gasteiger partial charge in [-0.25, -0.2) is 8.42 Å². The van der Waals surface area contributed by atoms with Gasteiger partial charge in [-0.3, -0.25) is 4.79 Å². The van der Waals surface area contributed by atoms with E-state index in [9.17, 15) is 13.2 Å². The first-order chi connectivity index (χ1) is 8.53. The van der Waals surface area contributed by atoms with E-state index >= 15 is 0 Å². The van der Waals surface area contributed by atoms with Crippen LogP contribution in [0.3, 0.4) is 0 Å². The van der Waals surface area contributed by atoms with E-state index in [1.807, 2.05) is 4.90 Å². The second kappa shape index (κ2) is 7.74. The summed E-state index contributed by atoms with van der Waals surface area (Å²) in [6.07, 6.45) is 3.47. The zero-order chi connectivity index (χ0) is 13.4. The predicted octanol–water partition coefficient (Wildman–Crippen LogP) is 0.840. The summed E-state index contributed by atoms with van der Waals surface area (Å²) >= 11 is 0. The van der Waals surface area contributed by atoms with Crippen molar-refractivity contribution in [3.8, 4) is 0 Å². The Balaban J connectivity index is 2.08. The van der Waals surface area contributed by atoms with E-state index < -0.39 is 9.84 Å². The summed E-state index contributed by atoms with van der Waals surface area (Å²) < 4.78 is 27.5. The normalized spacial score (nSPS) is 19.6. The molecule has 0 atom stereocenters.